The van der Waals surface area contributed by atoms with Gasteiger partial charge in [-0.25, -0.2) is 13.6 Å². The van der Waals surface area contributed by atoms with Crippen LogP contribution in [0.2, 0.25) is 0 Å². The number of halogens is 2. The number of carbonyl (C=O) groups excluding carboxylic acids is 2. The summed E-state index contributed by atoms with van der Waals surface area (Å²) in [5.74, 6) is -3.33. The summed E-state index contributed by atoms with van der Waals surface area (Å²) in [6.45, 7) is 0.813. The van der Waals surface area contributed by atoms with Crippen LogP contribution in [0.4, 0.5) is 8.78 Å². The van der Waals surface area contributed by atoms with Crippen LogP contribution in [0, 0.1) is 23.0 Å². The molecule has 0 heterocycles. The zero-order valence-corrected chi connectivity index (χ0v) is 13.2. The predicted molar refractivity (Wildman–Crippen MR) is 82.9 cm³/mol. The van der Waals surface area contributed by atoms with Gasteiger partial charge >= 0.3 is 5.97 Å². The van der Waals surface area contributed by atoms with E-state index in [2.05, 4.69) is 0 Å². The van der Waals surface area contributed by atoms with Crippen molar-refractivity contribution in [1.29, 1.82) is 5.26 Å². The molecule has 25 heavy (non-hydrogen) atoms. The summed E-state index contributed by atoms with van der Waals surface area (Å²) in [7, 11) is 0. The maximum absolute atomic E-state index is 13.1. The minimum atomic E-state index is -1.16. The molecule has 2 aromatic carbocycles. The molecule has 0 aliphatic rings. The molecule has 0 spiro atoms. The van der Waals surface area contributed by atoms with E-state index < -0.39 is 36.1 Å². The molecule has 0 saturated carbocycles. The highest BCUT2D eigenvalue weighted by Crippen LogP contribution is 2.14. The molecule has 0 bridgehead atoms. The van der Waals surface area contributed by atoms with Crippen LogP contribution in [0.5, 0.6) is 5.75 Å². The number of nitrogens with zero attached hydrogens (tertiary/aromatic N) is 1. The number of ketones is 1. The first kappa shape index (κ1) is 18.1. The summed E-state index contributed by atoms with van der Waals surface area (Å²) >= 11 is 0. The Morgan fingerprint density at radius 1 is 1.12 bits per heavy atom. The highest BCUT2D eigenvalue weighted by atomic mass is 19.2. The van der Waals surface area contributed by atoms with Gasteiger partial charge in [-0.1, -0.05) is 0 Å². The zero-order valence-electron chi connectivity index (χ0n) is 13.2. The summed E-state index contributed by atoms with van der Waals surface area (Å²) in [6.07, 6.45) is -0.995. The lowest BCUT2D eigenvalue weighted by Crippen LogP contribution is -2.28. The third kappa shape index (κ3) is 4.85. The van der Waals surface area contributed by atoms with E-state index in [0.717, 1.165) is 18.2 Å². The zero-order chi connectivity index (χ0) is 18.4. The largest absolute Gasteiger partial charge is 0.479 e. The Kier molecular flexibility index (Phi) is 5.79. The number of nitriles is 1. The Bertz CT molecular complexity index is 828. The van der Waals surface area contributed by atoms with Gasteiger partial charge < -0.3 is 9.47 Å². The summed E-state index contributed by atoms with van der Waals surface area (Å²) in [6, 6.07) is 10.7. The maximum atomic E-state index is 13.1. The quantitative estimate of drug-likeness (QED) is 0.594. The van der Waals surface area contributed by atoms with Gasteiger partial charge in [-0.05, 0) is 49.4 Å². The van der Waals surface area contributed by atoms with Crippen LogP contribution in [0.25, 0.3) is 0 Å². The number of hydrogen-bond donors (Lipinski definition) is 0. The molecule has 0 aliphatic heterocycles. The van der Waals surface area contributed by atoms with Gasteiger partial charge in [-0.15, -0.1) is 0 Å². The molecule has 1 atom stereocenters. The monoisotopic (exact) mass is 345 g/mol. The van der Waals surface area contributed by atoms with Crippen molar-refractivity contribution in [2.75, 3.05) is 6.61 Å². The van der Waals surface area contributed by atoms with Crippen LogP contribution in [0.1, 0.15) is 22.8 Å². The lowest BCUT2D eigenvalue weighted by molar-refractivity contribution is -0.149. The molecule has 0 aliphatic carbocycles. The minimum Gasteiger partial charge on any atom is -0.479 e. The van der Waals surface area contributed by atoms with Crippen molar-refractivity contribution in [1.82, 2.24) is 0 Å². The Morgan fingerprint density at radius 3 is 2.40 bits per heavy atom. The average molecular weight is 345 g/mol. The van der Waals surface area contributed by atoms with E-state index in [1.165, 1.54) is 31.2 Å². The van der Waals surface area contributed by atoms with Crippen molar-refractivity contribution < 1.29 is 27.8 Å². The number of benzene rings is 2. The Morgan fingerprint density at radius 2 is 1.80 bits per heavy atom. The predicted octanol–water partition coefficient (Wildman–Crippen LogP) is 3.03. The lowest BCUT2D eigenvalue weighted by atomic mass is 10.1. The van der Waals surface area contributed by atoms with Gasteiger partial charge in [0.15, 0.2) is 30.1 Å². The van der Waals surface area contributed by atoms with Gasteiger partial charge in [0, 0.05) is 5.56 Å². The molecule has 0 aromatic heterocycles. The van der Waals surface area contributed by atoms with E-state index in [0.29, 0.717) is 11.3 Å². The van der Waals surface area contributed by atoms with Crippen molar-refractivity contribution in [3.05, 3.63) is 65.2 Å². The number of ether oxygens (including phenoxy) is 2. The molecular weight excluding hydrogens is 332 g/mol. The van der Waals surface area contributed by atoms with E-state index in [1.807, 2.05) is 6.07 Å². The second kappa shape index (κ2) is 8.02. The third-order valence-electron chi connectivity index (χ3n) is 3.22. The van der Waals surface area contributed by atoms with Crippen LogP contribution >= 0.6 is 0 Å². The highest BCUT2D eigenvalue weighted by molar-refractivity contribution is 5.98. The summed E-state index contributed by atoms with van der Waals surface area (Å²) in [4.78, 5) is 23.7. The van der Waals surface area contributed by atoms with Crippen molar-refractivity contribution in [3.63, 3.8) is 0 Å². The van der Waals surface area contributed by atoms with Crippen molar-refractivity contribution in [2.45, 2.75) is 13.0 Å². The Hall–Kier alpha value is -3.27. The van der Waals surface area contributed by atoms with Crippen LogP contribution in [-0.4, -0.2) is 24.5 Å². The van der Waals surface area contributed by atoms with Gasteiger partial charge in [0.1, 0.15) is 5.75 Å². The normalized spacial score (nSPS) is 11.3. The fraction of sp³-hybridized carbons (Fsp3) is 0.167. The summed E-state index contributed by atoms with van der Waals surface area (Å²) in [5.41, 5.74) is 0.340. The minimum absolute atomic E-state index is 0.104. The Balaban J connectivity index is 1.88. The molecule has 0 saturated heterocycles. The molecule has 5 nitrogen and oxygen atoms in total. The molecule has 0 unspecified atom stereocenters. The lowest BCUT2D eigenvalue weighted by Gasteiger charge is -2.13. The molecule has 2 rings (SSSR count). The second-order valence-electron chi connectivity index (χ2n) is 5.06. The van der Waals surface area contributed by atoms with E-state index >= 15 is 0 Å². The summed E-state index contributed by atoms with van der Waals surface area (Å²) in [5, 5.41) is 8.71. The standard InChI is InChI=1S/C18H13F2NO4/c1-11(25-14-5-2-12(9-21)3-6-14)18(23)24-10-17(22)13-4-7-15(19)16(20)8-13/h2-8,11H,10H2,1H3/t11-/m0/s1. The van der Waals surface area contributed by atoms with Gasteiger partial charge in [-0.2, -0.15) is 5.26 Å². The highest BCUT2D eigenvalue weighted by Gasteiger charge is 2.19. The van der Waals surface area contributed by atoms with Crippen LogP contribution in [0.3, 0.4) is 0 Å². The van der Waals surface area contributed by atoms with Crippen molar-refractivity contribution in [3.8, 4) is 11.8 Å². The van der Waals surface area contributed by atoms with Crippen molar-refractivity contribution in [2.24, 2.45) is 0 Å². The van der Waals surface area contributed by atoms with Crippen LogP contribution < -0.4 is 4.74 Å². The number of esters is 1. The SMILES string of the molecule is C[C@H](Oc1ccc(C#N)cc1)C(=O)OCC(=O)c1ccc(F)c(F)c1. The first-order chi connectivity index (χ1) is 11.9. The van der Waals surface area contributed by atoms with Gasteiger partial charge in [-0.3, -0.25) is 4.79 Å². The van der Waals surface area contributed by atoms with Crippen LogP contribution in [0.15, 0.2) is 42.5 Å². The summed E-state index contributed by atoms with van der Waals surface area (Å²) < 4.78 is 36.1. The topological polar surface area (TPSA) is 76.4 Å². The van der Waals surface area contributed by atoms with Gasteiger partial charge in [0.25, 0.3) is 0 Å². The van der Waals surface area contributed by atoms with Gasteiger partial charge in [0.05, 0.1) is 11.6 Å². The van der Waals surface area contributed by atoms with Gasteiger partial charge in [0.2, 0.25) is 0 Å². The van der Waals surface area contributed by atoms with Crippen LogP contribution in [-0.2, 0) is 9.53 Å². The first-order valence-electron chi connectivity index (χ1n) is 7.22. The third-order valence-corrected chi connectivity index (χ3v) is 3.22. The molecular formula is C18H13F2NO4. The fourth-order valence-corrected chi connectivity index (χ4v) is 1.87. The number of carbonyl (C=O) groups is 2. The molecule has 0 amide bonds. The first-order valence-corrected chi connectivity index (χ1v) is 7.22. The molecule has 7 heteroatoms. The molecule has 0 fully saturated rings. The van der Waals surface area contributed by atoms with E-state index in [4.69, 9.17) is 14.7 Å². The smallest absolute Gasteiger partial charge is 0.347 e. The molecule has 0 radical (unpaired) electrons. The fourth-order valence-electron chi connectivity index (χ4n) is 1.87. The molecule has 0 N–H and O–H groups in total. The molecule has 2 aromatic rings. The van der Waals surface area contributed by atoms with E-state index in [9.17, 15) is 18.4 Å². The second-order valence-corrected chi connectivity index (χ2v) is 5.06. The average Bonchev–Trinajstić information content (AvgIpc) is 2.62. The van der Waals surface area contributed by atoms with E-state index in [1.54, 1.807) is 0 Å². The Labute approximate surface area is 142 Å². The number of Topliss-reactive ketones (excluding diaryl/α,β-unsaturated/α-hetero) is 1. The number of hydrogen-bond acceptors (Lipinski definition) is 5. The van der Waals surface area contributed by atoms with Crippen molar-refractivity contribution >= 4 is 11.8 Å². The number of rotatable bonds is 6. The maximum Gasteiger partial charge on any atom is 0.347 e. The van der Waals surface area contributed by atoms with E-state index in [-0.39, 0.29) is 5.56 Å². The molecule has 128 valence electrons.